The molecule has 24 heavy (non-hydrogen) atoms. The van der Waals surface area contributed by atoms with E-state index in [0.29, 0.717) is 25.5 Å². The van der Waals surface area contributed by atoms with E-state index in [1.807, 2.05) is 12.1 Å². The highest BCUT2D eigenvalue weighted by Crippen LogP contribution is 2.25. The summed E-state index contributed by atoms with van der Waals surface area (Å²) in [6, 6.07) is 8.16. The normalized spacial score (nSPS) is 16.8. The number of halogens is 1. The molecule has 1 saturated heterocycles. The fraction of sp³-hybridized carbons (Fsp3) is 0.389. The van der Waals surface area contributed by atoms with E-state index in [1.165, 1.54) is 12.1 Å². The highest BCUT2D eigenvalue weighted by molar-refractivity contribution is 5.64. The first-order valence-electron chi connectivity index (χ1n) is 8.02. The van der Waals surface area contributed by atoms with Crippen molar-refractivity contribution >= 4 is 0 Å². The smallest absolute Gasteiger partial charge is 0.127 e. The molecule has 1 aromatic heterocycles. The Balaban J connectivity index is 1.59. The van der Waals surface area contributed by atoms with Crippen molar-refractivity contribution in [1.82, 2.24) is 9.88 Å². The van der Waals surface area contributed by atoms with Crippen molar-refractivity contribution < 1.29 is 19.0 Å². The number of nitrogens with zero attached hydrogens (tertiary/aromatic N) is 2. The van der Waals surface area contributed by atoms with Gasteiger partial charge in [0.25, 0.3) is 0 Å². The Bertz CT molecular complexity index is 648. The maximum Gasteiger partial charge on any atom is 0.127 e. The van der Waals surface area contributed by atoms with Gasteiger partial charge in [-0.2, -0.15) is 0 Å². The van der Waals surface area contributed by atoms with Gasteiger partial charge in [-0.25, -0.2) is 4.39 Å². The lowest BCUT2D eigenvalue weighted by Crippen LogP contribution is -2.42. The van der Waals surface area contributed by atoms with Crippen molar-refractivity contribution in [2.45, 2.75) is 6.10 Å². The zero-order valence-electron chi connectivity index (χ0n) is 13.4. The molecule has 0 spiro atoms. The van der Waals surface area contributed by atoms with Crippen LogP contribution < -0.4 is 4.74 Å². The van der Waals surface area contributed by atoms with Crippen LogP contribution in [0.25, 0.3) is 11.1 Å². The van der Waals surface area contributed by atoms with E-state index < -0.39 is 6.10 Å². The fourth-order valence-corrected chi connectivity index (χ4v) is 2.68. The monoisotopic (exact) mass is 332 g/mol. The molecular weight excluding hydrogens is 311 g/mol. The number of aromatic nitrogens is 1. The topological polar surface area (TPSA) is 54.8 Å². The molecule has 128 valence electrons. The predicted octanol–water partition coefficient (Wildman–Crippen LogP) is 1.96. The SMILES string of the molecule is OC(COc1cc(F)cc(-c2ccncc2)c1)CN1CCOCC1. The fourth-order valence-electron chi connectivity index (χ4n) is 2.68. The number of morpholine rings is 1. The molecule has 1 N–H and O–H groups in total. The number of hydrogen-bond acceptors (Lipinski definition) is 5. The van der Waals surface area contributed by atoms with E-state index in [-0.39, 0.29) is 12.4 Å². The first-order chi connectivity index (χ1) is 11.7. The van der Waals surface area contributed by atoms with Crippen molar-refractivity contribution in [2.24, 2.45) is 0 Å². The number of β-amino-alcohol motifs (C(OH)–C–C–N with tert-alkyl or cyclic N) is 1. The van der Waals surface area contributed by atoms with Gasteiger partial charge in [0.1, 0.15) is 24.3 Å². The summed E-state index contributed by atoms with van der Waals surface area (Å²) in [4.78, 5) is 6.09. The van der Waals surface area contributed by atoms with Gasteiger partial charge in [-0.3, -0.25) is 9.88 Å². The largest absolute Gasteiger partial charge is 0.491 e. The Labute approximate surface area is 140 Å². The molecule has 0 amide bonds. The summed E-state index contributed by atoms with van der Waals surface area (Å²) in [6.07, 6.45) is 2.69. The molecule has 1 aromatic carbocycles. The molecule has 0 saturated carbocycles. The van der Waals surface area contributed by atoms with E-state index in [2.05, 4.69) is 9.88 Å². The summed E-state index contributed by atoms with van der Waals surface area (Å²) < 4.78 is 24.7. The molecule has 1 fully saturated rings. The lowest BCUT2D eigenvalue weighted by Gasteiger charge is -2.28. The standard InChI is InChI=1S/C18H21FN2O3/c19-16-9-15(14-1-3-20-4-2-14)10-18(11-16)24-13-17(22)12-21-5-7-23-8-6-21/h1-4,9-11,17,22H,5-8,12-13H2. The molecule has 0 bridgehead atoms. The van der Waals surface area contributed by atoms with Crippen molar-refractivity contribution in [3.05, 3.63) is 48.5 Å². The van der Waals surface area contributed by atoms with Gasteiger partial charge in [0.2, 0.25) is 0 Å². The highest BCUT2D eigenvalue weighted by Gasteiger charge is 2.15. The van der Waals surface area contributed by atoms with Gasteiger partial charge >= 0.3 is 0 Å². The van der Waals surface area contributed by atoms with Gasteiger partial charge < -0.3 is 14.6 Å². The van der Waals surface area contributed by atoms with Crippen LogP contribution in [0.1, 0.15) is 0 Å². The first-order valence-corrected chi connectivity index (χ1v) is 8.02. The van der Waals surface area contributed by atoms with Crippen LogP contribution in [0.4, 0.5) is 4.39 Å². The minimum absolute atomic E-state index is 0.122. The minimum atomic E-state index is -0.629. The van der Waals surface area contributed by atoms with Crippen LogP contribution in [0.2, 0.25) is 0 Å². The van der Waals surface area contributed by atoms with Crippen LogP contribution in [0.15, 0.2) is 42.7 Å². The lowest BCUT2D eigenvalue weighted by atomic mass is 10.1. The third kappa shape index (κ3) is 4.74. The summed E-state index contributed by atoms with van der Waals surface area (Å²) >= 11 is 0. The van der Waals surface area contributed by atoms with E-state index in [1.54, 1.807) is 18.5 Å². The average Bonchev–Trinajstić information content (AvgIpc) is 2.61. The van der Waals surface area contributed by atoms with Crippen molar-refractivity contribution in [3.63, 3.8) is 0 Å². The Hall–Kier alpha value is -2.02. The quantitative estimate of drug-likeness (QED) is 0.876. The van der Waals surface area contributed by atoms with Gasteiger partial charge in [0.15, 0.2) is 0 Å². The summed E-state index contributed by atoms with van der Waals surface area (Å²) in [7, 11) is 0. The molecule has 5 nitrogen and oxygen atoms in total. The average molecular weight is 332 g/mol. The van der Waals surface area contributed by atoms with Gasteiger partial charge in [-0.05, 0) is 35.4 Å². The zero-order chi connectivity index (χ0) is 16.8. The molecular formula is C18H21FN2O3. The second-order valence-electron chi connectivity index (χ2n) is 5.79. The second-order valence-corrected chi connectivity index (χ2v) is 5.79. The summed E-state index contributed by atoms with van der Waals surface area (Å²) in [5.41, 5.74) is 1.58. The van der Waals surface area contributed by atoms with Gasteiger partial charge in [0, 0.05) is 38.1 Å². The van der Waals surface area contributed by atoms with Crippen LogP contribution in [0, 0.1) is 5.82 Å². The number of pyridine rings is 1. The third-order valence-electron chi connectivity index (χ3n) is 3.90. The molecule has 1 unspecified atom stereocenters. The number of ether oxygens (including phenoxy) is 2. The maximum atomic E-state index is 13.8. The molecule has 0 radical (unpaired) electrons. The molecule has 1 aliphatic rings. The Morgan fingerprint density at radius 3 is 2.67 bits per heavy atom. The molecule has 3 rings (SSSR count). The molecule has 1 atom stereocenters. The van der Waals surface area contributed by atoms with Crippen LogP contribution >= 0.6 is 0 Å². The minimum Gasteiger partial charge on any atom is -0.491 e. The van der Waals surface area contributed by atoms with Gasteiger partial charge in [-0.1, -0.05) is 0 Å². The molecule has 2 heterocycles. The van der Waals surface area contributed by atoms with Crippen molar-refractivity contribution in [3.8, 4) is 16.9 Å². The third-order valence-corrected chi connectivity index (χ3v) is 3.90. The maximum absolute atomic E-state index is 13.8. The number of rotatable bonds is 6. The Kier molecular flexibility index (Phi) is 5.74. The first kappa shape index (κ1) is 16.8. The van der Waals surface area contributed by atoms with Gasteiger partial charge in [0.05, 0.1) is 13.2 Å². The summed E-state index contributed by atoms with van der Waals surface area (Å²) in [5, 5.41) is 10.1. The van der Waals surface area contributed by atoms with Crippen molar-refractivity contribution in [1.29, 1.82) is 0 Å². The van der Waals surface area contributed by atoms with Crippen LogP contribution in [-0.4, -0.2) is 60.5 Å². The Morgan fingerprint density at radius 2 is 1.92 bits per heavy atom. The second kappa shape index (κ2) is 8.19. The van der Waals surface area contributed by atoms with E-state index in [9.17, 15) is 9.50 Å². The van der Waals surface area contributed by atoms with Crippen LogP contribution in [0.5, 0.6) is 5.75 Å². The summed E-state index contributed by atoms with van der Waals surface area (Å²) in [6.45, 7) is 3.64. The lowest BCUT2D eigenvalue weighted by molar-refractivity contribution is 0.00463. The molecule has 2 aromatic rings. The molecule has 1 aliphatic heterocycles. The molecule has 0 aliphatic carbocycles. The number of benzene rings is 1. The van der Waals surface area contributed by atoms with Crippen molar-refractivity contribution in [2.75, 3.05) is 39.5 Å². The van der Waals surface area contributed by atoms with E-state index in [0.717, 1.165) is 24.2 Å². The van der Waals surface area contributed by atoms with Crippen LogP contribution in [-0.2, 0) is 4.74 Å². The zero-order valence-corrected chi connectivity index (χ0v) is 13.4. The van der Waals surface area contributed by atoms with Crippen LogP contribution in [0.3, 0.4) is 0 Å². The van der Waals surface area contributed by atoms with Gasteiger partial charge in [-0.15, -0.1) is 0 Å². The van der Waals surface area contributed by atoms with E-state index in [4.69, 9.17) is 9.47 Å². The Morgan fingerprint density at radius 1 is 1.17 bits per heavy atom. The number of aliphatic hydroxyl groups is 1. The van der Waals surface area contributed by atoms with E-state index >= 15 is 0 Å². The summed E-state index contributed by atoms with van der Waals surface area (Å²) in [5.74, 6) is 0.0322. The molecule has 6 heteroatoms. The number of hydrogen-bond donors (Lipinski definition) is 1. The highest BCUT2D eigenvalue weighted by atomic mass is 19.1. The number of aliphatic hydroxyl groups excluding tert-OH is 1. The predicted molar refractivity (Wildman–Crippen MR) is 88.4 cm³/mol.